The molecular weight excluding hydrogens is 416 g/mol. The molecular formula is C27H38N2O4. The SMILES string of the molecule is CC1=C[C@H]([C@@H]2CC(=O)N([C@@H]3CCCC[C@@H]3C)C2=O)C[C@@H]2C(=O)N([C@@H]3CCCC[C@@H]3C)C(=O)[C@@H]12. The fourth-order valence-corrected chi connectivity index (χ4v) is 7.63. The summed E-state index contributed by atoms with van der Waals surface area (Å²) in [4.78, 5) is 56.5. The molecule has 0 radical (unpaired) electrons. The largest absolute Gasteiger partial charge is 0.279 e. The fourth-order valence-electron chi connectivity index (χ4n) is 7.63. The lowest BCUT2D eigenvalue weighted by Crippen LogP contribution is -2.46. The number of rotatable bonds is 3. The minimum absolute atomic E-state index is 0.00794. The highest BCUT2D eigenvalue weighted by atomic mass is 16.2. The third-order valence-electron chi connectivity index (χ3n) is 9.48. The molecule has 0 aromatic rings. The van der Waals surface area contributed by atoms with Gasteiger partial charge in [0.15, 0.2) is 0 Å². The summed E-state index contributed by atoms with van der Waals surface area (Å²) in [7, 11) is 0. The van der Waals surface area contributed by atoms with Crippen LogP contribution in [0.15, 0.2) is 11.6 Å². The molecule has 3 aliphatic carbocycles. The van der Waals surface area contributed by atoms with Crippen LogP contribution >= 0.6 is 0 Å². The van der Waals surface area contributed by atoms with Crippen LogP contribution in [0.2, 0.25) is 0 Å². The van der Waals surface area contributed by atoms with E-state index in [9.17, 15) is 19.2 Å². The van der Waals surface area contributed by atoms with Crippen molar-refractivity contribution in [2.45, 2.75) is 97.1 Å². The highest BCUT2D eigenvalue weighted by Gasteiger charge is 2.56. The van der Waals surface area contributed by atoms with E-state index < -0.39 is 5.92 Å². The quantitative estimate of drug-likeness (QED) is 0.476. The fraction of sp³-hybridized carbons (Fsp3) is 0.778. The van der Waals surface area contributed by atoms with Crippen LogP contribution in [0.1, 0.15) is 85.0 Å². The molecule has 5 rings (SSSR count). The van der Waals surface area contributed by atoms with Gasteiger partial charge in [0.05, 0.1) is 17.8 Å². The van der Waals surface area contributed by atoms with Crippen LogP contribution in [0.4, 0.5) is 0 Å². The van der Waals surface area contributed by atoms with Gasteiger partial charge in [-0.1, -0.05) is 51.2 Å². The minimum atomic E-state index is -0.395. The second kappa shape index (κ2) is 8.66. The molecule has 5 aliphatic rings. The van der Waals surface area contributed by atoms with Crippen LogP contribution in [0.3, 0.4) is 0 Å². The minimum Gasteiger partial charge on any atom is -0.279 e. The van der Waals surface area contributed by atoms with Gasteiger partial charge in [-0.25, -0.2) is 0 Å². The van der Waals surface area contributed by atoms with Crippen LogP contribution < -0.4 is 0 Å². The van der Waals surface area contributed by atoms with Gasteiger partial charge in [0.1, 0.15) is 0 Å². The molecule has 33 heavy (non-hydrogen) atoms. The van der Waals surface area contributed by atoms with Gasteiger partial charge in [-0.2, -0.15) is 0 Å². The number of imide groups is 2. The lowest BCUT2D eigenvalue weighted by atomic mass is 9.71. The molecule has 180 valence electrons. The van der Waals surface area contributed by atoms with Crippen molar-refractivity contribution in [2.24, 2.45) is 35.5 Å². The smallest absolute Gasteiger partial charge is 0.237 e. The van der Waals surface area contributed by atoms with Gasteiger partial charge in [-0.3, -0.25) is 29.0 Å². The van der Waals surface area contributed by atoms with Crippen LogP contribution in [0.5, 0.6) is 0 Å². The summed E-state index contributed by atoms with van der Waals surface area (Å²) in [6.45, 7) is 6.24. The first-order valence-electron chi connectivity index (χ1n) is 13.2. The number of amides is 4. The van der Waals surface area contributed by atoms with Gasteiger partial charge in [0, 0.05) is 18.5 Å². The van der Waals surface area contributed by atoms with Gasteiger partial charge in [-0.15, -0.1) is 0 Å². The zero-order valence-electron chi connectivity index (χ0n) is 20.3. The van der Waals surface area contributed by atoms with Gasteiger partial charge in [0.25, 0.3) is 0 Å². The van der Waals surface area contributed by atoms with E-state index in [1.807, 2.05) is 13.0 Å². The van der Waals surface area contributed by atoms with Crippen LogP contribution in [-0.4, -0.2) is 45.5 Å². The zero-order valence-corrected chi connectivity index (χ0v) is 20.3. The maximum atomic E-state index is 13.5. The van der Waals surface area contributed by atoms with Crippen molar-refractivity contribution >= 4 is 23.6 Å². The maximum Gasteiger partial charge on any atom is 0.237 e. The van der Waals surface area contributed by atoms with Crippen molar-refractivity contribution in [3.8, 4) is 0 Å². The van der Waals surface area contributed by atoms with E-state index in [2.05, 4.69) is 13.8 Å². The predicted molar refractivity (Wildman–Crippen MR) is 123 cm³/mol. The molecule has 2 saturated heterocycles. The summed E-state index contributed by atoms with van der Waals surface area (Å²) < 4.78 is 0. The van der Waals surface area contributed by atoms with E-state index in [4.69, 9.17) is 0 Å². The molecule has 2 saturated carbocycles. The first-order chi connectivity index (χ1) is 15.8. The summed E-state index contributed by atoms with van der Waals surface area (Å²) >= 11 is 0. The van der Waals surface area contributed by atoms with Crippen molar-refractivity contribution in [1.82, 2.24) is 9.80 Å². The van der Waals surface area contributed by atoms with Crippen molar-refractivity contribution in [3.63, 3.8) is 0 Å². The molecule has 4 fully saturated rings. The monoisotopic (exact) mass is 454 g/mol. The molecule has 0 unspecified atom stereocenters. The number of nitrogens with zero attached hydrogens (tertiary/aromatic N) is 2. The Labute approximate surface area is 197 Å². The van der Waals surface area contributed by atoms with Gasteiger partial charge in [0.2, 0.25) is 23.6 Å². The van der Waals surface area contributed by atoms with Crippen LogP contribution in [-0.2, 0) is 19.2 Å². The molecule has 6 nitrogen and oxygen atoms in total. The Morgan fingerprint density at radius 2 is 1.27 bits per heavy atom. The van der Waals surface area contributed by atoms with Crippen molar-refractivity contribution in [2.75, 3.05) is 0 Å². The second-order valence-electron chi connectivity index (χ2n) is 11.5. The lowest BCUT2D eigenvalue weighted by Gasteiger charge is -2.36. The Hall–Kier alpha value is -1.98. The molecule has 0 spiro atoms. The normalized spacial score (nSPS) is 42.1. The number of fused-ring (bicyclic) bond motifs is 1. The number of allylic oxidation sites excluding steroid dienone is 1. The van der Waals surface area contributed by atoms with Crippen molar-refractivity contribution < 1.29 is 19.2 Å². The summed E-state index contributed by atoms with van der Waals surface area (Å²) in [5.41, 5.74) is 0.908. The molecule has 4 amide bonds. The average Bonchev–Trinajstić information content (AvgIpc) is 3.22. The first kappa shape index (κ1) is 22.8. The Morgan fingerprint density at radius 3 is 1.88 bits per heavy atom. The summed E-state index contributed by atoms with van der Waals surface area (Å²) in [6, 6.07) is 0.0247. The Bertz CT molecular complexity index is 895. The van der Waals surface area contributed by atoms with E-state index in [0.717, 1.165) is 56.9 Å². The van der Waals surface area contributed by atoms with Crippen LogP contribution in [0.25, 0.3) is 0 Å². The number of carbonyl (C=O) groups is 4. The molecule has 0 N–H and O–H groups in total. The Balaban J connectivity index is 1.36. The Kier molecular flexibility index (Phi) is 5.98. The standard InChI is InChI=1S/C27H38N2O4/c1-15-8-4-6-10-21(15)28-23(30)14-19(25(28)31)18-12-17(3)24-20(13-18)26(32)29(27(24)33)22-11-7-5-9-16(22)2/h12,15-16,18-22,24H,4-11,13-14H2,1-3H3/t15-,16-,18-,19-,20-,21+,22+,24-/m0/s1. The van der Waals surface area contributed by atoms with Crippen molar-refractivity contribution in [3.05, 3.63) is 11.6 Å². The van der Waals surface area contributed by atoms with E-state index >= 15 is 0 Å². The van der Waals surface area contributed by atoms with E-state index in [1.54, 1.807) is 9.80 Å². The maximum absolute atomic E-state index is 13.5. The van der Waals surface area contributed by atoms with Gasteiger partial charge in [-0.05, 0) is 56.8 Å². The Morgan fingerprint density at radius 1 is 0.727 bits per heavy atom. The predicted octanol–water partition coefficient (Wildman–Crippen LogP) is 4.09. The number of carbonyl (C=O) groups excluding carboxylic acids is 4. The topological polar surface area (TPSA) is 74.8 Å². The van der Waals surface area contributed by atoms with Gasteiger partial charge >= 0.3 is 0 Å². The second-order valence-corrected chi connectivity index (χ2v) is 11.5. The summed E-state index contributed by atoms with van der Waals surface area (Å²) in [5.74, 6) is -0.815. The summed E-state index contributed by atoms with van der Waals surface area (Å²) in [5, 5.41) is 0. The molecule has 6 heteroatoms. The third-order valence-corrected chi connectivity index (χ3v) is 9.48. The third kappa shape index (κ3) is 3.68. The average molecular weight is 455 g/mol. The van der Waals surface area contributed by atoms with Crippen molar-refractivity contribution in [1.29, 1.82) is 0 Å². The van der Waals surface area contributed by atoms with E-state index in [0.29, 0.717) is 18.3 Å². The van der Waals surface area contributed by atoms with Gasteiger partial charge < -0.3 is 0 Å². The molecule has 0 aromatic carbocycles. The molecule has 2 heterocycles. The molecule has 0 bridgehead atoms. The van der Waals surface area contributed by atoms with E-state index in [1.165, 1.54) is 0 Å². The summed E-state index contributed by atoms with van der Waals surface area (Å²) in [6.07, 6.45) is 11.2. The number of likely N-dealkylation sites (tertiary alicyclic amines) is 2. The highest BCUT2D eigenvalue weighted by molar-refractivity contribution is 6.07. The molecule has 8 atom stereocenters. The zero-order chi connectivity index (χ0) is 23.4. The highest BCUT2D eigenvalue weighted by Crippen LogP contribution is 2.47. The molecule has 2 aliphatic heterocycles. The molecule has 0 aromatic heterocycles. The van der Waals surface area contributed by atoms with Crippen LogP contribution in [0, 0.1) is 35.5 Å². The lowest BCUT2D eigenvalue weighted by molar-refractivity contribution is -0.146. The van der Waals surface area contributed by atoms with E-state index in [-0.39, 0.29) is 59.9 Å². The number of hydrogen-bond donors (Lipinski definition) is 0. The number of hydrogen-bond acceptors (Lipinski definition) is 4. The first-order valence-corrected chi connectivity index (χ1v) is 13.2.